The predicted octanol–water partition coefficient (Wildman–Crippen LogP) is 1.83. The Morgan fingerprint density at radius 1 is 1.29 bits per heavy atom. The van der Waals surface area contributed by atoms with E-state index in [4.69, 9.17) is 4.74 Å². The molecule has 1 aromatic rings. The van der Waals surface area contributed by atoms with Crippen LogP contribution in [0.3, 0.4) is 0 Å². The largest absolute Gasteiger partial charge is 0.394 e. The highest BCUT2D eigenvalue weighted by atomic mass is 16.5. The van der Waals surface area contributed by atoms with Gasteiger partial charge in [-0.1, -0.05) is 18.2 Å². The summed E-state index contributed by atoms with van der Waals surface area (Å²) in [5.41, 5.74) is 2.65. The SMILES string of the molecule is CC1COC(CO)CN1C(=O)CCN1c2ccccc2CCC1C. The number of hydrogen-bond acceptors (Lipinski definition) is 4. The molecule has 0 bridgehead atoms. The number of nitrogens with zero attached hydrogens (tertiary/aromatic N) is 2. The highest BCUT2D eigenvalue weighted by Gasteiger charge is 2.30. The summed E-state index contributed by atoms with van der Waals surface area (Å²) in [6, 6.07) is 9.04. The van der Waals surface area contributed by atoms with E-state index in [0.29, 0.717) is 25.6 Å². The second kappa shape index (κ2) is 7.53. The van der Waals surface area contributed by atoms with Crippen molar-refractivity contribution in [1.82, 2.24) is 4.90 Å². The Hall–Kier alpha value is -1.59. The first-order valence-electron chi connectivity index (χ1n) is 8.96. The summed E-state index contributed by atoms with van der Waals surface area (Å²) in [4.78, 5) is 16.9. The number of hydrogen-bond donors (Lipinski definition) is 1. The number of carbonyl (C=O) groups excluding carboxylic acids is 1. The van der Waals surface area contributed by atoms with E-state index in [1.165, 1.54) is 11.3 Å². The Bertz CT molecular complexity index is 577. The molecule has 2 heterocycles. The van der Waals surface area contributed by atoms with E-state index in [0.717, 1.165) is 19.4 Å². The Morgan fingerprint density at radius 2 is 2.08 bits per heavy atom. The van der Waals surface area contributed by atoms with E-state index in [9.17, 15) is 9.90 Å². The van der Waals surface area contributed by atoms with Crippen molar-refractivity contribution in [3.05, 3.63) is 29.8 Å². The Balaban J connectivity index is 1.63. The van der Waals surface area contributed by atoms with Crippen molar-refractivity contribution in [3.63, 3.8) is 0 Å². The maximum absolute atomic E-state index is 12.7. The Morgan fingerprint density at radius 3 is 2.88 bits per heavy atom. The molecule has 1 aromatic carbocycles. The number of anilines is 1. The molecule has 132 valence electrons. The number of para-hydroxylation sites is 1. The number of ether oxygens (including phenoxy) is 1. The molecule has 24 heavy (non-hydrogen) atoms. The second-order valence-corrected chi connectivity index (χ2v) is 6.99. The van der Waals surface area contributed by atoms with Crippen molar-refractivity contribution in [2.24, 2.45) is 0 Å². The maximum atomic E-state index is 12.7. The molecule has 2 aliphatic heterocycles. The zero-order valence-corrected chi connectivity index (χ0v) is 14.6. The molecule has 3 unspecified atom stereocenters. The van der Waals surface area contributed by atoms with Crippen molar-refractivity contribution >= 4 is 11.6 Å². The normalized spacial score (nSPS) is 27.0. The van der Waals surface area contributed by atoms with Gasteiger partial charge >= 0.3 is 0 Å². The number of rotatable bonds is 4. The van der Waals surface area contributed by atoms with Crippen LogP contribution < -0.4 is 4.90 Å². The summed E-state index contributed by atoms with van der Waals surface area (Å²) in [5, 5.41) is 9.28. The average Bonchev–Trinajstić information content (AvgIpc) is 2.61. The molecule has 2 aliphatic rings. The highest BCUT2D eigenvalue weighted by molar-refractivity contribution is 5.77. The van der Waals surface area contributed by atoms with Gasteiger partial charge in [-0.3, -0.25) is 4.79 Å². The quantitative estimate of drug-likeness (QED) is 0.914. The minimum absolute atomic E-state index is 0.0347. The summed E-state index contributed by atoms with van der Waals surface area (Å²) in [5.74, 6) is 0.152. The van der Waals surface area contributed by atoms with Crippen LogP contribution >= 0.6 is 0 Å². The van der Waals surface area contributed by atoms with Gasteiger partial charge in [0.25, 0.3) is 0 Å². The molecule has 3 atom stereocenters. The van der Waals surface area contributed by atoms with Crippen LogP contribution in [0.5, 0.6) is 0 Å². The lowest BCUT2D eigenvalue weighted by Gasteiger charge is -2.40. The molecule has 1 saturated heterocycles. The number of amides is 1. The predicted molar refractivity (Wildman–Crippen MR) is 94.2 cm³/mol. The number of benzene rings is 1. The molecule has 5 heteroatoms. The Kier molecular flexibility index (Phi) is 5.41. The molecular formula is C19H28N2O3. The first kappa shape index (κ1) is 17.2. The van der Waals surface area contributed by atoms with Crippen LogP contribution in [0, 0.1) is 0 Å². The van der Waals surface area contributed by atoms with Gasteiger partial charge in [0.15, 0.2) is 0 Å². The monoisotopic (exact) mass is 332 g/mol. The van der Waals surface area contributed by atoms with Crippen molar-refractivity contribution in [2.45, 2.75) is 51.3 Å². The zero-order chi connectivity index (χ0) is 17.1. The number of aliphatic hydroxyl groups excluding tert-OH is 1. The minimum atomic E-state index is -0.250. The number of morpholine rings is 1. The molecule has 0 radical (unpaired) electrons. The number of fused-ring (bicyclic) bond motifs is 1. The van der Waals surface area contributed by atoms with Gasteiger partial charge in [0, 0.05) is 31.2 Å². The van der Waals surface area contributed by atoms with Crippen molar-refractivity contribution in [3.8, 4) is 0 Å². The van der Waals surface area contributed by atoms with Gasteiger partial charge in [0.1, 0.15) is 0 Å². The van der Waals surface area contributed by atoms with Gasteiger partial charge < -0.3 is 19.6 Å². The van der Waals surface area contributed by atoms with Crippen LogP contribution in [0.1, 0.15) is 32.3 Å². The van der Waals surface area contributed by atoms with E-state index in [1.807, 2.05) is 11.8 Å². The molecule has 5 nitrogen and oxygen atoms in total. The summed E-state index contributed by atoms with van der Waals surface area (Å²) in [6.45, 7) is 5.93. The third kappa shape index (κ3) is 3.57. The number of aryl methyl sites for hydroxylation is 1. The Labute approximate surface area is 144 Å². The van der Waals surface area contributed by atoms with Gasteiger partial charge in [0.2, 0.25) is 5.91 Å². The van der Waals surface area contributed by atoms with Crippen LogP contribution in [0.25, 0.3) is 0 Å². The molecular weight excluding hydrogens is 304 g/mol. The molecule has 0 saturated carbocycles. The maximum Gasteiger partial charge on any atom is 0.224 e. The fraction of sp³-hybridized carbons (Fsp3) is 0.632. The molecule has 0 aromatic heterocycles. The van der Waals surface area contributed by atoms with E-state index in [-0.39, 0.29) is 24.7 Å². The zero-order valence-electron chi connectivity index (χ0n) is 14.6. The lowest BCUT2D eigenvalue weighted by molar-refractivity contribution is -0.145. The first-order valence-corrected chi connectivity index (χ1v) is 8.96. The molecule has 3 rings (SSSR count). The lowest BCUT2D eigenvalue weighted by atomic mass is 9.96. The summed E-state index contributed by atoms with van der Waals surface area (Å²) < 4.78 is 5.52. The van der Waals surface area contributed by atoms with E-state index >= 15 is 0 Å². The van der Waals surface area contributed by atoms with Crippen LogP contribution in [0.4, 0.5) is 5.69 Å². The van der Waals surface area contributed by atoms with Gasteiger partial charge in [-0.25, -0.2) is 0 Å². The molecule has 1 N–H and O–H groups in total. The van der Waals surface area contributed by atoms with Gasteiger partial charge in [-0.2, -0.15) is 0 Å². The first-order chi connectivity index (χ1) is 11.6. The minimum Gasteiger partial charge on any atom is -0.394 e. The molecule has 0 aliphatic carbocycles. The van der Waals surface area contributed by atoms with Crippen molar-refractivity contribution in [1.29, 1.82) is 0 Å². The van der Waals surface area contributed by atoms with Crippen LogP contribution in [-0.2, 0) is 16.0 Å². The smallest absolute Gasteiger partial charge is 0.224 e. The molecule has 1 fully saturated rings. The topological polar surface area (TPSA) is 53.0 Å². The van der Waals surface area contributed by atoms with Gasteiger partial charge in [-0.15, -0.1) is 0 Å². The number of carbonyl (C=O) groups is 1. The van der Waals surface area contributed by atoms with E-state index in [1.54, 1.807) is 0 Å². The second-order valence-electron chi connectivity index (χ2n) is 6.99. The third-order valence-corrected chi connectivity index (χ3v) is 5.26. The van der Waals surface area contributed by atoms with Gasteiger partial charge in [-0.05, 0) is 38.3 Å². The van der Waals surface area contributed by atoms with Gasteiger partial charge in [0.05, 0.1) is 25.4 Å². The van der Waals surface area contributed by atoms with Crippen LogP contribution in [0.15, 0.2) is 24.3 Å². The fourth-order valence-corrected chi connectivity index (χ4v) is 3.74. The van der Waals surface area contributed by atoms with E-state index < -0.39 is 0 Å². The fourth-order valence-electron chi connectivity index (χ4n) is 3.74. The number of aliphatic hydroxyl groups is 1. The van der Waals surface area contributed by atoms with Crippen LogP contribution in [0.2, 0.25) is 0 Å². The summed E-state index contributed by atoms with van der Waals surface area (Å²) in [7, 11) is 0. The average molecular weight is 332 g/mol. The standard InChI is InChI=1S/C19H28N2O3/c1-14-7-8-16-5-3-4-6-18(16)20(14)10-9-19(23)21-11-17(12-22)24-13-15(21)2/h3-6,14-15,17,22H,7-13H2,1-2H3. The van der Waals surface area contributed by atoms with Crippen molar-refractivity contribution in [2.75, 3.05) is 31.2 Å². The molecule has 0 spiro atoms. The van der Waals surface area contributed by atoms with E-state index in [2.05, 4.69) is 36.1 Å². The van der Waals surface area contributed by atoms with Crippen LogP contribution in [-0.4, -0.2) is 60.4 Å². The molecule has 1 amide bonds. The summed E-state index contributed by atoms with van der Waals surface area (Å²) in [6.07, 6.45) is 2.49. The highest BCUT2D eigenvalue weighted by Crippen LogP contribution is 2.30. The van der Waals surface area contributed by atoms with Crippen molar-refractivity contribution < 1.29 is 14.6 Å². The lowest BCUT2D eigenvalue weighted by Crippen LogP contribution is -2.52. The summed E-state index contributed by atoms with van der Waals surface area (Å²) >= 11 is 0. The third-order valence-electron chi connectivity index (χ3n) is 5.26.